The van der Waals surface area contributed by atoms with Crippen molar-refractivity contribution in [3.8, 4) is 0 Å². The predicted molar refractivity (Wildman–Crippen MR) is 70.7 cm³/mol. The van der Waals surface area contributed by atoms with Crippen molar-refractivity contribution >= 4 is 0 Å². The summed E-state index contributed by atoms with van der Waals surface area (Å²) < 4.78 is 0. The zero-order chi connectivity index (χ0) is 11.6. The number of rotatable bonds is 7. The van der Waals surface area contributed by atoms with Crippen molar-refractivity contribution < 1.29 is 0 Å². The van der Waals surface area contributed by atoms with E-state index in [9.17, 15) is 0 Å². The SMILES string of the molecule is CCCCCCN1CCCN(CCN)CC1. The molecule has 96 valence electrons. The average molecular weight is 227 g/mol. The first-order chi connectivity index (χ1) is 7.86. The fourth-order valence-electron chi connectivity index (χ4n) is 2.42. The van der Waals surface area contributed by atoms with E-state index in [4.69, 9.17) is 5.73 Å². The maximum Gasteiger partial charge on any atom is 0.0110 e. The first-order valence-electron chi connectivity index (χ1n) is 7.01. The fourth-order valence-corrected chi connectivity index (χ4v) is 2.42. The molecule has 16 heavy (non-hydrogen) atoms. The highest BCUT2D eigenvalue weighted by atomic mass is 15.2. The molecule has 1 heterocycles. The van der Waals surface area contributed by atoms with Crippen molar-refractivity contribution in [3.63, 3.8) is 0 Å². The topological polar surface area (TPSA) is 32.5 Å². The quantitative estimate of drug-likeness (QED) is 0.670. The summed E-state index contributed by atoms with van der Waals surface area (Å²) in [4.78, 5) is 5.14. The molecule has 0 amide bonds. The van der Waals surface area contributed by atoms with E-state index < -0.39 is 0 Å². The zero-order valence-corrected chi connectivity index (χ0v) is 11.0. The Bertz CT molecular complexity index is 161. The third kappa shape index (κ3) is 5.83. The van der Waals surface area contributed by atoms with Crippen LogP contribution < -0.4 is 5.73 Å². The van der Waals surface area contributed by atoms with Gasteiger partial charge in [-0.05, 0) is 32.5 Å². The van der Waals surface area contributed by atoms with Crippen molar-refractivity contribution in [1.82, 2.24) is 9.80 Å². The molecule has 1 rings (SSSR count). The van der Waals surface area contributed by atoms with E-state index >= 15 is 0 Å². The summed E-state index contributed by atoms with van der Waals surface area (Å²) in [5, 5.41) is 0. The van der Waals surface area contributed by atoms with E-state index in [2.05, 4.69) is 16.7 Å². The lowest BCUT2D eigenvalue weighted by molar-refractivity contribution is 0.256. The molecule has 2 N–H and O–H groups in total. The van der Waals surface area contributed by atoms with Crippen LogP contribution >= 0.6 is 0 Å². The minimum atomic E-state index is 0.802. The second kappa shape index (κ2) is 8.97. The number of nitrogens with two attached hydrogens (primary N) is 1. The van der Waals surface area contributed by atoms with Crippen molar-refractivity contribution in [2.24, 2.45) is 5.73 Å². The molecule has 0 aliphatic carbocycles. The number of hydrogen-bond acceptors (Lipinski definition) is 3. The Balaban J connectivity index is 2.10. The standard InChI is InChI=1S/C13H29N3/c1-2-3-4-5-8-15-9-6-10-16(11-7-14)13-12-15/h2-14H2,1H3. The van der Waals surface area contributed by atoms with Gasteiger partial charge >= 0.3 is 0 Å². The second-order valence-electron chi connectivity index (χ2n) is 4.89. The van der Waals surface area contributed by atoms with Gasteiger partial charge in [0, 0.05) is 26.2 Å². The minimum absolute atomic E-state index is 0.802. The van der Waals surface area contributed by atoms with Gasteiger partial charge in [-0.15, -0.1) is 0 Å². The third-order valence-corrected chi connectivity index (χ3v) is 3.45. The van der Waals surface area contributed by atoms with Crippen LogP contribution in [0.15, 0.2) is 0 Å². The van der Waals surface area contributed by atoms with Gasteiger partial charge in [-0.2, -0.15) is 0 Å². The van der Waals surface area contributed by atoms with Crippen LogP contribution in [0.1, 0.15) is 39.0 Å². The molecule has 0 saturated carbocycles. The Morgan fingerprint density at radius 1 is 0.875 bits per heavy atom. The van der Waals surface area contributed by atoms with Crippen molar-refractivity contribution in [2.45, 2.75) is 39.0 Å². The summed E-state index contributed by atoms with van der Waals surface area (Å²) in [7, 11) is 0. The molecule has 0 atom stereocenters. The highest BCUT2D eigenvalue weighted by molar-refractivity contribution is 4.69. The summed E-state index contributed by atoms with van der Waals surface area (Å²) in [6.07, 6.45) is 6.83. The smallest absolute Gasteiger partial charge is 0.0110 e. The van der Waals surface area contributed by atoms with E-state index in [-0.39, 0.29) is 0 Å². The van der Waals surface area contributed by atoms with Gasteiger partial charge in [0.1, 0.15) is 0 Å². The van der Waals surface area contributed by atoms with Gasteiger partial charge in [0.15, 0.2) is 0 Å². The van der Waals surface area contributed by atoms with Crippen LogP contribution in [0.5, 0.6) is 0 Å². The van der Waals surface area contributed by atoms with E-state index in [1.165, 1.54) is 64.8 Å². The van der Waals surface area contributed by atoms with Crippen molar-refractivity contribution in [3.05, 3.63) is 0 Å². The minimum Gasteiger partial charge on any atom is -0.329 e. The van der Waals surface area contributed by atoms with E-state index in [0.29, 0.717) is 0 Å². The molecule has 0 unspecified atom stereocenters. The molecule has 3 nitrogen and oxygen atoms in total. The number of nitrogens with zero attached hydrogens (tertiary/aromatic N) is 2. The summed E-state index contributed by atoms with van der Waals surface area (Å²) >= 11 is 0. The normalized spacial score (nSPS) is 19.9. The molecule has 1 saturated heterocycles. The fraction of sp³-hybridized carbons (Fsp3) is 1.00. The van der Waals surface area contributed by atoms with Crippen molar-refractivity contribution in [1.29, 1.82) is 0 Å². The van der Waals surface area contributed by atoms with Crippen LogP contribution in [-0.2, 0) is 0 Å². The molecule has 0 aromatic carbocycles. The average Bonchev–Trinajstić information content (AvgIpc) is 2.51. The molecular formula is C13H29N3. The molecule has 0 aromatic heterocycles. The maximum atomic E-state index is 5.60. The Labute approximate surface area is 101 Å². The van der Waals surface area contributed by atoms with Gasteiger partial charge in [0.05, 0.1) is 0 Å². The maximum absolute atomic E-state index is 5.60. The summed E-state index contributed by atoms with van der Waals surface area (Å²) in [5.74, 6) is 0. The molecule has 1 aliphatic heterocycles. The molecule has 0 aromatic rings. The summed E-state index contributed by atoms with van der Waals surface area (Å²) in [6, 6.07) is 0. The van der Waals surface area contributed by atoms with Crippen LogP contribution in [0.25, 0.3) is 0 Å². The number of unbranched alkanes of at least 4 members (excludes halogenated alkanes) is 3. The highest BCUT2D eigenvalue weighted by Crippen LogP contribution is 2.06. The van der Waals surface area contributed by atoms with E-state index in [0.717, 1.165) is 13.1 Å². The first kappa shape index (κ1) is 13.9. The third-order valence-electron chi connectivity index (χ3n) is 3.45. The largest absolute Gasteiger partial charge is 0.329 e. The molecule has 1 fully saturated rings. The Hall–Kier alpha value is -0.120. The molecule has 0 bridgehead atoms. The summed E-state index contributed by atoms with van der Waals surface area (Å²) in [6.45, 7) is 10.4. The van der Waals surface area contributed by atoms with Gasteiger partial charge in [0.2, 0.25) is 0 Å². The molecular weight excluding hydrogens is 198 g/mol. The Morgan fingerprint density at radius 3 is 2.19 bits per heavy atom. The van der Waals surface area contributed by atoms with Gasteiger partial charge in [-0.25, -0.2) is 0 Å². The lowest BCUT2D eigenvalue weighted by Gasteiger charge is -2.21. The predicted octanol–water partition coefficient (Wildman–Crippen LogP) is 1.53. The molecule has 0 radical (unpaired) electrons. The summed E-state index contributed by atoms with van der Waals surface area (Å²) in [5.41, 5.74) is 5.60. The number of hydrogen-bond donors (Lipinski definition) is 1. The van der Waals surface area contributed by atoms with Crippen molar-refractivity contribution in [2.75, 3.05) is 45.8 Å². The van der Waals surface area contributed by atoms with Crippen LogP contribution in [0, 0.1) is 0 Å². The highest BCUT2D eigenvalue weighted by Gasteiger charge is 2.13. The van der Waals surface area contributed by atoms with E-state index in [1.807, 2.05) is 0 Å². The molecule has 3 heteroatoms. The lowest BCUT2D eigenvalue weighted by atomic mass is 10.2. The van der Waals surface area contributed by atoms with Gasteiger partial charge in [0.25, 0.3) is 0 Å². The van der Waals surface area contributed by atoms with Crippen LogP contribution in [0.2, 0.25) is 0 Å². The van der Waals surface area contributed by atoms with Gasteiger partial charge in [-0.1, -0.05) is 26.2 Å². The molecule has 1 aliphatic rings. The van der Waals surface area contributed by atoms with E-state index in [1.54, 1.807) is 0 Å². The monoisotopic (exact) mass is 227 g/mol. The molecule has 0 spiro atoms. The first-order valence-corrected chi connectivity index (χ1v) is 7.01. The van der Waals surface area contributed by atoms with Crippen LogP contribution in [0.3, 0.4) is 0 Å². The van der Waals surface area contributed by atoms with Gasteiger partial charge < -0.3 is 15.5 Å². The van der Waals surface area contributed by atoms with Crippen LogP contribution in [-0.4, -0.2) is 55.6 Å². The Kier molecular flexibility index (Phi) is 7.81. The Morgan fingerprint density at radius 2 is 1.56 bits per heavy atom. The lowest BCUT2D eigenvalue weighted by Crippen LogP contribution is -2.34. The van der Waals surface area contributed by atoms with Crippen LogP contribution in [0.4, 0.5) is 0 Å². The second-order valence-corrected chi connectivity index (χ2v) is 4.89. The zero-order valence-electron chi connectivity index (χ0n) is 11.0. The van der Waals surface area contributed by atoms with Gasteiger partial charge in [-0.3, -0.25) is 0 Å².